The third-order valence-corrected chi connectivity index (χ3v) is 3.57. The minimum absolute atomic E-state index is 0.0813. The van der Waals surface area contributed by atoms with Crippen LogP contribution in [0.1, 0.15) is 45.4 Å². The second-order valence-corrected chi connectivity index (χ2v) is 5.09. The number of carboxylic acids is 1. The lowest BCUT2D eigenvalue weighted by Gasteiger charge is -2.37. The van der Waals surface area contributed by atoms with E-state index in [-0.39, 0.29) is 6.42 Å². The molecule has 0 heterocycles. The quantitative estimate of drug-likeness (QED) is 0.576. The highest BCUT2D eigenvalue weighted by Gasteiger charge is 2.49. The van der Waals surface area contributed by atoms with E-state index >= 15 is 0 Å². The monoisotopic (exact) mass is 244 g/mol. The molecule has 2 N–H and O–H groups in total. The molecule has 1 unspecified atom stereocenters. The van der Waals surface area contributed by atoms with Crippen molar-refractivity contribution in [2.45, 2.75) is 51.0 Å². The van der Waals surface area contributed by atoms with Crippen LogP contribution in [0, 0.1) is 5.41 Å². The van der Waals surface area contributed by atoms with Crippen molar-refractivity contribution >= 4 is 11.9 Å². The lowest BCUT2D eigenvalue weighted by atomic mass is 9.72. The molecule has 1 fully saturated rings. The SMILES string of the molecule is COC(=O)C(C)(CC1(O)CCCCC1)C(=O)O. The van der Waals surface area contributed by atoms with Crippen LogP contribution in [0.25, 0.3) is 0 Å². The Bertz CT molecular complexity index is 306. The molecule has 0 amide bonds. The molecule has 0 aromatic heterocycles. The molecule has 1 saturated carbocycles. The average molecular weight is 244 g/mol. The normalized spacial score (nSPS) is 22.5. The molecule has 17 heavy (non-hydrogen) atoms. The van der Waals surface area contributed by atoms with Crippen LogP contribution < -0.4 is 0 Å². The zero-order valence-corrected chi connectivity index (χ0v) is 10.4. The van der Waals surface area contributed by atoms with Crippen molar-refractivity contribution < 1.29 is 24.5 Å². The summed E-state index contributed by atoms with van der Waals surface area (Å²) in [6.07, 6.45) is 3.80. The molecule has 1 aliphatic carbocycles. The second-order valence-electron chi connectivity index (χ2n) is 5.09. The summed E-state index contributed by atoms with van der Waals surface area (Å²) in [5, 5.41) is 19.5. The van der Waals surface area contributed by atoms with Crippen LogP contribution in [0.2, 0.25) is 0 Å². The van der Waals surface area contributed by atoms with Crippen molar-refractivity contribution in [1.82, 2.24) is 0 Å². The van der Waals surface area contributed by atoms with Gasteiger partial charge in [0.15, 0.2) is 5.41 Å². The van der Waals surface area contributed by atoms with E-state index < -0.39 is 23.0 Å². The van der Waals surface area contributed by atoms with Gasteiger partial charge in [-0.05, 0) is 19.8 Å². The smallest absolute Gasteiger partial charge is 0.323 e. The van der Waals surface area contributed by atoms with Crippen LogP contribution in [-0.2, 0) is 14.3 Å². The fraction of sp³-hybridized carbons (Fsp3) is 0.833. The Hall–Kier alpha value is -1.10. The molecule has 1 aliphatic rings. The van der Waals surface area contributed by atoms with Crippen LogP contribution in [0.3, 0.4) is 0 Å². The number of methoxy groups -OCH3 is 1. The Morgan fingerprint density at radius 2 is 1.82 bits per heavy atom. The molecule has 0 aromatic carbocycles. The molecule has 1 atom stereocenters. The molecule has 5 heteroatoms. The summed E-state index contributed by atoms with van der Waals surface area (Å²) < 4.78 is 4.53. The van der Waals surface area contributed by atoms with E-state index in [2.05, 4.69) is 4.74 Å². The number of rotatable bonds is 4. The summed E-state index contributed by atoms with van der Waals surface area (Å²) >= 11 is 0. The van der Waals surface area contributed by atoms with E-state index in [1.165, 1.54) is 6.92 Å². The van der Waals surface area contributed by atoms with Crippen LogP contribution in [-0.4, -0.2) is 34.9 Å². The van der Waals surface area contributed by atoms with Gasteiger partial charge in [-0.3, -0.25) is 9.59 Å². The van der Waals surface area contributed by atoms with Gasteiger partial charge < -0.3 is 14.9 Å². The molecule has 5 nitrogen and oxygen atoms in total. The number of aliphatic hydroxyl groups is 1. The predicted molar refractivity (Wildman–Crippen MR) is 60.4 cm³/mol. The molecule has 0 spiro atoms. The lowest BCUT2D eigenvalue weighted by Crippen LogP contribution is -2.46. The second kappa shape index (κ2) is 5.04. The molecule has 1 rings (SSSR count). The van der Waals surface area contributed by atoms with Crippen LogP contribution in [0.4, 0.5) is 0 Å². The highest BCUT2D eigenvalue weighted by molar-refractivity contribution is 5.98. The molecule has 0 aliphatic heterocycles. The van der Waals surface area contributed by atoms with Crippen molar-refractivity contribution in [3.63, 3.8) is 0 Å². The maximum atomic E-state index is 11.6. The number of esters is 1. The molecule has 0 aromatic rings. The number of carbonyl (C=O) groups is 2. The number of carboxylic acid groups (broad SMARTS) is 1. The average Bonchev–Trinajstić information content (AvgIpc) is 2.27. The first-order valence-corrected chi connectivity index (χ1v) is 5.88. The van der Waals surface area contributed by atoms with Crippen molar-refractivity contribution in [2.75, 3.05) is 7.11 Å². The van der Waals surface area contributed by atoms with E-state index in [9.17, 15) is 14.7 Å². The first kappa shape index (κ1) is 14.0. The van der Waals surface area contributed by atoms with Gasteiger partial charge >= 0.3 is 11.9 Å². The molecule has 0 bridgehead atoms. The van der Waals surface area contributed by atoms with Crippen LogP contribution in [0.15, 0.2) is 0 Å². The van der Waals surface area contributed by atoms with Crippen molar-refractivity contribution in [3.8, 4) is 0 Å². The molecule has 98 valence electrons. The first-order chi connectivity index (χ1) is 7.84. The van der Waals surface area contributed by atoms with Gasteiger partial charge in [0.05, 0.1) is 12.7 Å². The van der Waals surface area contributed by atoms with Gasteiger partial charge in [-0.1, -0.05) is 19.3 Å². The predicted octanol–water partition coefficient (Wildman–Crippen LogP) is 1.34. The van der Waals surface area contributed by atoms with E-state index in [0.29, 0.717) is 12.8 Å². The van der Waals surface area contributed by atoms with E-state index in [1.54, 1.807) is 0 Å². The van der Waals surface area contributed by atoms with Gasteiger partial charge in [-0.2, -0.15) is 0 Å². The van der Waals surface area contributed by atoms with Crippen LogP contribution >= 0.6 is 0 Å². The van der Waals surface area contributed by atoms with Gasteiger partial charge in [0.25, 0.3) is 0 Å². The van der Waals surface area contributed by atoms with Crippen molar-refractivity contribution in [3.05, 3.63) is 0 Å². The number of carbonyl (C=O) groups excluding carboxylic acids is 1. The zero-order chi connectivity index (χ0) is 13.1. The maximum Gasteiger partial charge on any atom is 0.323 e. The van der Waals surface area contributed by atoms with Gasteiger partial charge in [0.2, 0.25) is 0 Å². The number of hydrogen-bond donors (Lipinski definition) is 2. The fourth-order valence-corrected chi connectivity index (χ4v) is 2.51. The third-order valence-electron chi connectivity index (χ3n) is 3.57. The van der Waals surface area contributed by atoms with Gasteiger partial charge in [0, 0.05) is 6.42 Å². The third kappa shape index (κ3) is 2.97. The summed E-state index contributed by atoms with van der Waals surface area (Å²) in [4.78, 5) is 22.8. The van der Waals surface area contributed by atoms with E-state index in [4.69, 9.17) is 5.11 Å². The summed E-state index contributed by atoms with van der Waals surface area (Å²) in [5.41, 5.74) is -2.72. The highest BCUT2D eigenvalue weighted by atomic mass is 16.5. The minimum Gasteiger partial charge on any atom is -0.480 e. The lowest BCUT2D eigenvalue weighted by molar-refractivity contribution is -0.171. The molecule has 0 radical (unpaired) electrons. The van der Waals surface area contributed by atoms with Crippen LogP contribution in [0.5, 0.6) is 0 Å². The Morgan fingerprint density at radius 1 is 1.29 bits per heavy atom. The molecule has 0 saturated heterocycles. The topological polar surface area (TPSA) is 83.8 Å². The summed E-state index contributed by atoms with van der Waals surface area (Å²) in [7, 11) is 1.16. The van der Waals surface area contributed by atoms with E-state index in [1.807, 2.05) is 0 Å². The number of aliphatic carboxylic acids is 1. The maximum absolute atomic E-state index is 11.6. The van der Waals surface area contributed by atoms with E-state index in [0.717, 1.165) is 26.4 Å². The Labute approximate surface area is 101 Å². The fourth-order valence-electron chi connectivity index (χ4n) is 2.51. The Kier molecular flexibility index (Phi) is 4.14. The number of ether oxygens (including phenoxy) is 1. The number of hydrogen-bond acceptors (Lipinski definition) is 4. The van der Waals surface area contributed by atoms with Crippen molar-refractivity contribution in [1.29, 1.82) is 0 Å². The van der Waals surface area contributed by atoms with Gasteiger partial charge in [-0.15, -0.1) is 0 Å². The summed E-state index contributed by atoms with van der Waals surface area (Å²) in [6.45, 7) is 1.31. The molecular formula is C12H20O5. The Balaban J connectivity index is 2.86. The van der Waals surface area contributed by atoms with Gasteiger partial charge in [0.1, 0.15) is 0 Å². The summed E-state index contributed by atoms with van der Waals surface area (Å²) in [5.74, 6) is -2.05. The zero-order valence-electron chi connectivity index (χ0n) is 10.4. The Morgan fingerprint density at radius 3 is 2.24 bits per heavy atom. The highest BCUT2D eigenvalue weighted by Crippen LogP contribution is 2.39. The summed E-state index contributed by atoms with van der Waals surface area (Å²) in [6, 6.07) is 0. The minimum atomic E-state index is -1.67. The standard InChI is InChI=1S/C12H20O5/c1-11(9(13)14,10(15)17-2)8-12(16)6-4-3-5-7-12/h16H,3-8H2,1-2H3,(H,13,14). The van der Waals surface area contributed by atoms with Gasteiger partial charge in [-0.25, -0.2) is 0 Å². The molecular weight excluding hydrogens is 224 g/mol. The first-order valence-electron chi connectivity index (χ1n) is 5.88. The largest absolute Gasteiger partial charge is 0.480 e. The van der Waals surface area contributed by atoms with Crippen molar-refractivity contribution in [2.24, 2.45) is 5.41 Å².